The van der Waals surface area contributed by atoms with E-state index in [1.807, 2.05) is 0 Å². The average Bonchev–Trinajstić information content (AvgIpc) is 2.94. The first-order chi connectivity index (χ1) is 11.3. The molecular weight excluding hydrogens is 286 g/mol. The van der Waals surface area contributed by atoms with E-state index in [1.54, 1.807) is 5.56 Å². The Morgan fingerprint density at radius 1 is 1.30 bits per heavy atom. The molecule has 1 aromatic heterocycles. The number of fused-ring (bicyclic) bond motifs is 3. The zero-order valence-corrected chi connectivity index (χ0v) is 13.6. The van der Waals surface area contributed by atoms with Gasteiger partial charge < -0.3 is 9.77 Å². The largest absolute Gasteiger partial charge is 0.411 e. The van der Waals surface area contributed by atoms with E-state index in [1.165, 1.54) is 29.6 Å². The number of para-hydroxylation sites is 1. The third kappa shape index (κ3) is 1.52. The van der Waals surface area contributed by atoms with Crippen LogP contribution < -0.4 is 0 Å². The summed E-state index contributed by atoms with van der Waals surface area (Å²) in [5, 5.41) is 15.0. The van der Waals surface area contributed by atoms with Crippen molar-refractivity contribution in [1.82, 2.24) is 9.47 Å². The van der Waals surface area contributed by atoms with E-state index in [9.17, 15) is 5.21 Å². The molecule has 0 bridgehead atoms. The van der Waals surface area contributed by atoms with Crippen molar-refractivity contribution in [3.63, 3.8) is 0 Å². The molecule has 4 heteroatoms. The van der Waals surface area contributed by atoms with Crippen molar-refractivity contribution in [3.05, 3.63) is 35.5 Å². The van der Waals surface area contributed by atoms with E-state index in [-0.39, 0.29) is 5.41 Å². The van der Waals surface area contributed by atoms with Crippen LogP contribution in [-0.2, 0) is 13.0 Å². The minimum atomic E-state index is 0.0204. The Bertz CT molecular complexity index is 821. The minimum Gasteiger partial charge on any atom is -0.411 e. The smallest absolute Gasteiger partial charge is 0.0848 e. The quantitative estimate of drug-likeness (QED) is 0.646. The third-order valence-electron chi connectivity index (χ3n) is 6.62. The lowest BCUT2D eigenvalue weighted by Crippen LogP contribution is -2.56. The molecule has 0 aliphatic carbocycles. The molecule has 0 saturated carbocycles. The summed E-state index contributed by atoms with van der Waals surface area (Å²) < 4.78 is 2.43. The van der Waals surface area contributed by atoms with Crippen LogP contribution in [0.1, 0.15) is 43.5 Å². The van der Waals surface area contributed by atoms with Crippen molar-refractivity contribution in [3.8, 4) is 0 Å². The van der Waals surface area contributed by atoms with Gasteiger partial charge in [0.05, 0.1) is 18.3 Å². The van der Waals surface area contributed by atoms with Crippen LogP contribution in [0.3, 0.4) is 0 Å². The van der Waals surface area contributed by atoms with E-state index in [0.717, 1.165) is 38.1 Å². The minimum absolute atomic E-state index is 0.0204. The van der Waals surface area contributed by atoms with Crippen LogP contribution in [0.15, 0.2) is 29.4 Å². The van der Waals surface area contributed by atoms with Gasteiger partial charge in [-0.25, -0.2) is 0 Å². The van der Waals surface area contributed by atoms with Crippen LogP contribution in [0.25, 0.3) is 10.9 Å². The molecule has 3 aliphatic rings. The van der Waals surface area contributed by atoms with Gasteiger partial charge in [0, 0.05) is 28.6 Å². The maximum atomic E-state index is 9.79. The fourth-order valence-corrected chi connectivity index (χ4v) is 5.60. The monoisotopic (exact) mass is 309 g/mol. The summed E-state index contributed by atoms with van der Waals surface area (Å²) >= 11 is 0. The molecule has 1 aromatic carbocycles. The van der Waals surface area contributed by atoms with E-state index in [4.69, 9.17) is 0 Å². The molecule has 2 atom stereocenters. The van der Waals surface area contributed by atoms with Gasteiger partial charge in [-0.15, -0.1) is 0 Å². The Labute approximate surface area is 136 Å². The molecule has 2 aromatic rings. The molecule has 0 radical (unpaired) electrons. The molecule has 1 fully saturated rings. The number of hydrogen-bond acceptors (Lipinski definition) is 3. The molecule has 4 heterocycles. The van der Waals surface area contributed by atoms with Crippen molar-refractivity contribution in [2.75, 3.05) is 13.1 Å². The average molecular weight is 309 g/mol. The lowest BCUT2D eigenvalue weighted by molar-refractivity contribution is 0.0314. The fourth-order valence-electron chi connectivity index (χ4n) is 5.60. The van der Waals surface area contributed by atoms with Crippen molar-refractivity contribution >= 4 is 16.6 Å². The highest BCUT2D eigenvalue weighted by molar-refractivity contribution is 5.96. The fraction of sp³-hybridized carbons (Fsp3) is 0.526. The van der Waals surface area contributed by atoms with Crippen LogP contribution in [0, 0.1) is 5.41 Å². The lowest BCUT2D eigenvalue weighted by atomic mass is 9.63. The van der Waals surface area contributed by atoms with Crippen molar-refractivity contribution in [2.45, 2.75) is 45.2 Å². The van der Waals surface area contributed by atoms with Gasteiger partial charge in [-0.05, 0) is 43.9 Å². The molecule has 0 spiro atoms. The Kier molecular flexibility index (Phi) is 2.72. The second-order valence-corrected chi connectivity index (χ2v) is 7.32. The molecule has 120 valence electrons. The van der Waals surface area contributed by atoms with Gasteiger partial charge in [-0.2, -0.15) is 0 Å². The topological polar surface area (TPSA) is 40.8 Å². The first-order valence-corrected chi connectivity index (χ1v) is 8.85. The molecule has 5 rings (SSSR count). The molecule has 3 aliphatic heterocycles. The second kappa shape index (κ2) is 4.60. The Hall–Kier alpha value is -1.81. The number of aromatic nitrogens is 1. The molecule has 0 unspecified atom stereocenters. The summed E-state index contributed by atoms with van der Waals surface area (Å²) in [6.07, 6.45) is 4.54. The number of piperidine rings is 1. The summed E-state index contributed by atoms with van der Waals surface area (Å²) in [5.74, 6) is 0. The van der Waals surface area contributed by atoms with Crippen LogP contribution in [0.2, 0.25) is 0 Å². The Morgan fingerprint density at radius 2 is 2.17 bits per heavy atom. The molecule has 0 amide bonds. The van der Waals surface area contributed by atoms with E-state index >= 15 is 0 Å². The van der Waals surface area contributed by atoms with Crippen molar-refractivity contribution < 1.29 is 5.21 Å². The molecule has 1 N–H and O–H groups in total. The normalized spacial score (nSPS) is 31.5. The predicted octanol–water partition coefficient (Wildman–Crippen LogP) is 3.57. The summed E-state index contributed by atoms with van der Waals surface area (Å²) in [6, 6.07) is 9.13. The van der Waals surface area contributed by atoms with Gasteiger partial charge in [0.2, 0.25) is 0 Å². The van der Waals surface area contributed by atoms with Gasteiger partial charge in [0.25, 0.3) is 0 Å². The Balaban J connectivity index is 1.87. The summed E-state index contributed by atoms with van der Waals surface area (Å²) in [7, 11) is 0. The zero-order chi connectivity index (χ0) is 15.6. The zero-order valence-electron chi connectivity index (χ0n) is 13.6. The van der Waals surface area contributed by atoms with Gasteiger partial charge in [-0.1, -0.05) is 30.3 Å². The van der Waals surface area contributed by atoms with Gasteiger partial charge in [0.15, 0.2) is 0 Å². The standard InChI is InChI=1S/C19H23N3O/c1-2-19-9-5-10-21-11-8-14-13-6-3-4-7-15(13)22(12-16(19)20-23)17(14)18(19)21/h3-4,6-7,18,23H,2,5,8-12H2,1H3/b20-16+/t18-,19+/m1/s1. The first kappa shape index (κ1) is 13.6. The predicted molar refractivity (Wildman–Crippen MR) is 91.1 cm³/mol. The maximum absolute atomic E-state index is 9.79. The first-order valence-electron chi connectivity index (χ1n) is 8.85. The number of hydrogen-bond donors (Lipinski definition) is 1. The lowest BCUT2D eigenvalue weighted by Gasteiger charge is -2.54. The summed E-state index contributed by atoms with van der Waals surface area (Å²) in [5.41, 5.74) is 5.35. The van der Waals surface area contributed by atoms with Gasteiger partial charge in [0.1, 0.15) is 0 Å². The number of benzene rings is 1. The summed E-state index contributed by atoms with van der Waals surface area (Å²) in [6.45, 7) is 5.31. The highest BCUT2D eigenvalue weighted by Crippen LogP contribution is 2.55. The molecule has 4 nitrogen and oxygen atoms in total. The van der Waals surface area contributed by atoms with Crippen LogP contribution >= 0.6 is 0 Å². The van der Waals surface area contributed by atoms with Crippen LogP contribution in [0.4, 0.5) is 0 Å². The summed E-state index contributed by atoms with van der Waals surface area (Å²) in [4.78, 5) is 2.65. The third-order valence-corrected chi connectivity index (χ3v) is 6.62. The molecular formula is C19H23N3O. The maximum Gasteiger partial charge on any atom is 0.0848 e. The van der Waals surface area contributed by atoms with Crippen LogP contribution in [0.5, 0.6) is 0 Å². The highest BCUT2D eigenvalue weighted by atomic mass is 16.4. The van der Waals surface area contributed by atoms with E-state index in [0.29, 0.717) is 6.04 Å². The second-order valence-electron chi connectivity index (χ2n) is 7.32. The van der Waals surface area contributed by atoms with E-state index in [2.05, 4.69) is 45.8 Å². The SMILES string of the molecule is CC[C@]12CCCN3CCc4c(n(c5ccccc45)C/C1=N\O)[C@@H]32. The van der Waals surface area contributed by atoms with E-state index < -0.39 is 0 Å². The molecule has 1 saturated heterocycles. The Morgan fingerprint density at radius 3 is 3.00 bits per heavy atom. The highest BCUT2D eigenvalue weighted by Gasteiger charge is 2.54. The van der Waals surface area contributed by atoms with Crippen molar-refractivity contribution in [1.29, 1.82) is 0 Å². The van der Waals surface area contributed by atoms with Crippen molar-refractivity contribution in [2.24, 2.45) is 10.6 Å². The number of nitrogens with zero attached hydrogens (tertiary/aromatic N) is 3. The van der Waals surface area contributed by atoms with Crippen LogP contribution in [-0.4, -0.2) is 33.5 Å². The van der Waals surface area contributed by atoms with Gasteiger partial charge >= 0.3 is 0 Å². The molecule has 23 heavy (non-hydrogen) atoms. The number of rotatable bonds is 1. The van der Waals surface area contributed by atoms with Gasteiger partial charge in [-0.3, -0.25) is 4.90 Å². The number of oxime groups is 1.